The molecule has 158 valence electrons. The molecule has 0 radical (unpaired) electrons. The van der Waals surface area contributed by atoms with Crippen LogP contribution in [-0.2, 0) is 11.8 Å². The summed E-state index contributed by atoms with van der Waals surface area (Å²) >= 11 is 0. The van der Waals surface area contributed by atoms with Crippen LogP contribution in [0.15, 0.2) is 17.1 Å². The molecule has 0 saturated carbocycles. The van der Waals surface area contributed by atoms with Crippen molar-refractivity contribution in [2.45, 2.75) is 32.7 Å². The number of nitrogens with one attached hydrogen (secondary N) is 1. The van der Waals surface area contributed by atoms with E-state index in [1.54, 1.807) is 31.7 Å². The van der Waals surface area contributed by atoms with Crippen molar-refractivity contribution in [2.75, 3.05) is 18.5 Å². The lowest BCUT2D eigenvalue weighted by molar-refractivity contribution is 0.0695. The Morgan fingerprint density at radius 3 is 2.70 bits per heavy atom. The molecule has 0 spiro atoms. The van der Waals surface area contributed by atoms with Crippen molar-refractivity contribution >= 4 is 28.7 Å². The molecule has 0 bridgehead atoms. The molecule has 30 heavy (non-hydrogen) atoms. The molecule has 1 saturated heterocycles. The largest absolute Gasteiger partial charge is 0.381 e. The van der Waals surface area contributed by atoms with Crippen molar-refractivity contribution in [3.8, 4) is 0 Å². The quantitative estimate of drug-likeness (QED) is 0.675. The summed E-state index contributed by atoms with van der Waals surface area (Å²) in [4.78, 5) is 33.1. The zero-order chi connectivity index (χ0) is 21.6. The zero-order valence-corrected chi connectivity index (χ0v) is 17.0. The van der Waals surface area contributed by atoms with Crippen LogP contribution in [0.3, 0.4) is 0 Å². The lowest BCUT2D eigenvalue weighted by Crippen LogP contribution is -2.30. The Bertz CT molecular complexity index is 1210. The van der Waals surface area contributed by atoms with Crippen LogP contribution in [0, 0.1) is 19.7 Å². The molecule has 0 atom stereocenters. The smallest absolute Gasteiger partial charge is 0.330 e. The molecule has 3 N–H and O–H groups in total. The normalized spacial score (nSPS) is 14.9. The number of hydrogen-bond acceptors (Lipinski definition) is 6. The van der Waals surface area contributed by atoms with Crippen LogP contribution < -0.4 is 16.7 Å². The molecule has 1 fully saturated rings. The first-order valence-electron chi connectivity index (χ1n) is 9.67. The summed E-state index contributed by atoms with van der Waals surface area (Å²) in [7, 11) is 1.68. The summed E-state index contributed by atoms with van der Waals surface area (Å²) < 4.78 is 23.2. The number of fused-ring (bicyclic) bond motifs is 1. The van der Waals surface area contributed by atoms with E-state index in [1.165, 1.54) is 10.6 Å². The Balaban J connectivity index is 1.79. The Morgan fingerprint density at radius 2 is 2.03 bits per heavy atom. The third-order valence-electron chi connectivity index (χ3n) is 5.59. The van der Waals surface area contributed by atoms with Gasteiger partial charge in [-0.15, -0.1) is 0 Å². The number of anilines is 2. The van der Waals surface area contributed by atoms with Crippen LogP contribution in [0.25, 0.3) is 11.2 Å². The van der Waals surface area contributed by atoms with Crippen molar-refractivity contribution in [1.29, 1.82) is 0 Å². The Labute approximate surface area is 171 Å². The van der Waals surface area contributed by atoms with Gasteiger partial charge in [-0.05, 0) is 38.3 Å². The summed E-state index contributed by atoms with van der Waals surface area (Å²) in [6.07, 6.45) is 3.02. The number of carbonyl (C=O) groups excluding carboxylic acids is 1. The van der Waals surface area contributed by atoms with E-state index in [-0.39, 0.29) is 28.8 Å². The number of aryl methyl sites for hydroxylation is 2. The predicted molar refractivity (Wildman–Crippen MR) is 110 cm³/mol. The van der Waals surface area contributed by atoms with E-state index in [0.29, 0.717) is 35.6 Å². The third kappa shape index (κ3) is 3.22. The van der Waals surface area contributed by atoms with Crippen molar-refractivity contribution in [2.24, 2.45) is 12.8 Å². The fraction of sp³-hybridized carbons (Fsp3) is 0.400. The number of nitrogens with zero attached hydrogens (tertiary/aromatic N) is 4. The number of amides is 1. The average molecular weight is 414 g/mol. The minimum absolute atomic E-state index is 0.00605. The minimum atomic E-state index is -0.826. The van der Waals surface area contributed by atoms with E-state index in [1.807, 2.05) is 0 Å². The molecular weight excluding hydrogens is 391 g/mol. The molecule has 1 amide bonds. The number of imidazole rings is 1. The van der Waals surface area contributed by atoms with E-state index < -0.39 is 11.7 Å². The zero-order valence-electron chi connectivity index (χ0n) is 17.0. The molecular formula is C20H23FN6O3. The second-order valence-electron chi connectivity index (χ2n) is 7.50. The van der Waals surface area contributed by atoms with Gasteiger partial charge in [0.1, 0.15) is 11.3 Å². The number of halogens is 1. The fourth-order valence-electron chi connectivity index (χ4n) is 3.91. The molecule has 10 heteroatoms. The number of carbonyl (C=O) groups is 1. The van der Waals surface area contributed by atoms with E-state index in [2.05, 4.69) is 15.3 Å². The van der Waals surface area contributed by atoms with Gasteiger partial charge in [-0.2, -0.15) is 4.98 Å². The van der Waals surface area contributed by atoms with Gasteiger partial charge in [0.25, 0.3) is 5.91 Å². The van der Waals surface area contributed by atoms with Gasteiger partial charge in [-0.1, -0.05) is 0 Å². The summed E-state index contributed by atoms with van der Waals surface area (Å²) in [5.74, 6) is -1.28. The topological polar surface area (TPSA) is 117 Å². The first-order valence-corrected chi connectivity index (χ1v) is 9.67. The predicted octanol–water partition coefficient (Wildman–Crippen LogP) is 2.08. The average Bonchev–Trinajstić information content (AvgIpc) is 2.98. The maximum Gasteiger partial charge on any atom is 0.330 e. The van der Waals surface area contributed by atoms with Gasteiger partial charge < -0.3 is 15.8 Å². The number of benzene rings is 1. The molecule has 3 heterocycles. The molecule has 1 aliphatic rings. The van der Waals surface area contributed by atoms with E-state index >= 15 is 0 Å². The van der Waals surface area contributed by atoms with Crippen molar-refractivity contribution in [1.82, 2.24) is 19.1 Å². The highest BCUT2D eigenvalue weighted by Crippen LogP contribution is 2.29. The van der Waals surface area contributed by atoms with Crippen LogP contribution >= 0.6 is 0 Å². The van der Waals surface area contributed by atoms with E-state index in [9.17, 15) is 14.0 Å². The summed E-state index contributed by atoms with van der Waals surface area (Å²) in [6.45, 7) is 4.47. The highest BCUT2D eigenvalue weighted by molar-refractivity contribution is 5.94. The van der Waals surface area contributed by atoms with E-state index in [4.69, 9.17) is 10.5 Å². The van der Waals surface area contributed by atoms with Gasteiger partial charge in [0.05, 0.1) is 11.8 Å². The number of nitrogens with two attached hydrogens (primary N) is 1. The first-order chi connectivity index (χ1) is 14.3. The van der Waals surface area contributed by atoms with Crippen LogP contribution in [0.2, 0.25) is 0 Å². The minimum Gasteiger partial charge on any atom is -0.381 e. The Kier molecular flexibility index (Phi) is 5.02. The monoisotopic (exact) mass is 414 g/mol. The molecule has 0 aliphatic carbocycles. The maximum absolute atomic E-state index is 14.6. The lowest BCUT2D eigenvalue weighted by atomic mass is 10.0. The molecule has 1 aliphatic heterocycles. The van der Waals surface area contributed by atoms with Crippen molar-refractivity contribution in [3.63, 3.8) is 0 Å². The van der Waals surface area contributed by atoms with Gasteiger partial charge in [0.2, 0.25) is 5.95 Å². The van der Waals surface area contributed by atoms with Gasteiger partial charge in [-0.25, -0.2) is 14.2 Å². The molecule has 3 aromatic rings. The Hall–Kier alpha value is -3.27. The summed E-state index contributed by atoms with van der Waals surface area (Å²) in [5, 5.41) is 3.03. The maximum atomic E-state index is 14.6. The number of ether oxygens (including phenoxy) is 1. The first kappa shape index (κ1) is 20.0. The summed E-state index contributed by atoms with van der Waals surface area (Å²) in [6, 6.07) is 1.39. The van der Waals surface area contributed by atoms with Crippen molar-refractivity contribution < 1.29 is 13.9 Å². The standard InChI is InChI=1S/C20H23FN6O3/c1-10-8-13(17(22)28)15(21)11(2)16(10)24-19-23-9-14-18(25-19)27(20(29)26(14)3)12-4-6-30-7-5-12/h8-9,12H,4-7H2,1-3H3,(H2,22,28)(H,23,24,25). The SMILES string of the molecule is Cc1cc(C(N)=O)c(F)c(C)c1Nc1ncc2c(n1)n(C1CCOCC1)c(=O)n2C. The highest BCUT2D eigenvalue weighted by Gasteiger charge is 2.24. The molecule has 9 nitrogen and oxygen atoms in total. The number of hydrogen-bond donors (Lipinski definition) is 2. The Morgan fingerprint density at radius 1 is 1.33 bits per heavy atom. The molecule has 2 aromatic heterocycles. The molecule has 4 rings (SSSR count). The van der Waals surface area contributed by atoms with E-state index in [0.717, 1.165) is 12.8 Å². The molecule has 0 unspecified atom stereocenters. The van der Waals surface area contributed by atoms with Crippen LogP contribution in [0.4, 0.5) is 16.0 Å². The number of primary amides is 1. The lowest BCUT2D eigenvalue weighted by Gasteiger charge is -2.23. The fourth-order valence-corrected chi connectivity index (χ4v) is 3.91. The molecule has 1 aromatic carbocycles. The van der Waals surface area contributed by atoms with Crippen LogP contribution in [0.1, 0.15) is 40.4 Å². The summed E-state index contributed by atoms with van der Waals surface area (Å²) in [5.41, 5.74) is 7.37. The van der Waals surface area contributed by atoms with Gasteiger partial charge in [0.15, 0.2) is 5.65 Å². The van der Waals surface area contributed by atoms with Crippen LogP contribution in [-0.4, -0.2) is 38.2 Å². The van der Waals surface area contributed by atoms with Gasteiger partial charge in [0, 0.05) is 37.6 Å². The van der Waals surface area contributed by atoms with Gasteiger partial charge >= 0.3 is 5.69 Å². The van der Waals surface area contributed by atoms with Crippen molar-refractivity contribution in [3.05, 3.63) is 45.3 Å². The third-order valence-corrected chi connectivity index (χ3v) is 5.59. The van der Waals surface area contributed by atoms with Gasteiger partial charge in [-0.3, -0.25) is 13.9 Å². The second-order valence-corrected chi connectivity index (χ2v) is 7.50. The van der Waals surface area contributed by atoms with Crippen LogP contribution in [0.5, 0.6) is 0 Å². The number of aromatic nitrogens is 4. The number of rotatable bonds is 4. The second kappa shape index (κ2) is 7.52. The highest BCUT2D eigenvalue weighted by atomic mass is 19.1.